The summed E-state index contributed by atoms with van der Waals surface area (Å²) in [7, 11) is 1.54. The molecule has 0 fully saturated rings. The Morgan fingerprint density at radius 3 is 2.62 bits per heavy atom. The Hall–Kier alpha value is -1.92. The van der Waals surface area contributed by atoms with E-state index in [1.54, 1.807) is 6.92 Å². The second-order valence-electron chi connectivity index (χ2n) is 2.36. The molecule has 0 aliphatic heterocycles. The van der Waals surface area contributed by atoms with Crippen molar-refractivity contribution in [1.82, 2.24) is 9.97 Å². The molecule has 0 spiro atoms. The van der Waals surface area contributed by atoms with E-state index in [4.69, 9.17) is 5.73 Å². The summed E-state index contributed by atoms with van der Waals surface area (Å²) in [6, 6.07) is 0. The van der Waals surface area contributed by atoms with Crippen LogP contribution >= 0.6 is 0 Å². The van der Waals surface area contributed by atoms with Gasteiger partial charge in [-0.05, 0) is 6.92 Å². The van der Waals surface area contributed by atoms with Crippen molar-refractivity contribution in [2.45, 2.75) is 6.92 Å². The summed E-state index contributed by atoms with van der Waals surface area (Å²) in [6.07, 6.45) is 0. The van der Waals surface area contributed by atoms with Crippen LogP contribution in [0, 0.1) is 17.0 Å². The zero-order chi connectivity index (χ0) is 10.0. The molecule has 0 bridgehead atoms. The molecule has 0 aliphatic carbocycles. The number of hydrogen-bond acceptors (Lipinski definition) is 6. The van der Waals surface area contributed by atoms with Gasteiger partial charge in [-0.1, -0.05) is 0 Å². The molecule has 1 heterocycles. The first-order chi connectivity index (χ1) is 6.06. The van der Waals surface area contributed by atoms with Crippen molar-refractivity contribution in [2.24, 2.45) is 0 Å². The van der Waals surface area contributed by atoms with E-state index in [0.717, 1.165) is 0 Å². The second kappa shape index (κ2) is 3.21. The van der Waals surface area contributed by atoms with Crippen LogP contribution in [0.15, 0.2) is 0 Å². The van der Waals surface area contributed by atoms with Crippen LogP contribution in [0.1, 0.15) is 5.82 Å². The number of nitrogens with zero attached hydrogens (tertiary/aromatic N) is 3. The average molecular weight is 183 g/mol. The SMILES string of the molecule is CNc1nc(C)nc(N)c1[N+](=O)[O-]. The molecule has 0 radical (unpaired) electrons. The number of nitro groups is 1. The smallest absolute Gasteiger partial charge is 0.352 e. The third kappa shape index (κ3) is 1.63. The van der Waals surface area contributed by atoms with Crippen LogP contribution in [0.25, 0.3) is 0 Å². The van der Waals surface area contributed by atoms with Gasteiger partial charge in [-0.3, -0.25) is 10.1 Å². The Balaban J connectivity index is 3.38. The minimum absolute atomic E-state index is 0.123. The number of aromatic nitrogens is 2. The summed E-state index contributed by atoms with van der Waals surface area (Å²) in [4.78, 5) is 17.4. The first-order valence-corrected chi connectivity index (χ1v) is 3.52. The van der Waals surface area contributed by atoms with Gasteiger partial charge in [0.15, 0.2) is 0 Å². The largest absolute Gasteiger partial charge is 0.378 e. The fraction of sp³-hybridized carbons (Fsp3) is 0.333. The predicted octanol–water partition coefficient (Wildman–Crippen LogP) is 0.317. The van der Waals surface area contributed by atoms with Crippen LogP contribution in [0.2, 0.25) is 0 Å². The molecule has 0 saturated heterocycles. The summed E-state index contributed by atoms with van der Waals surface area (Å²) < 4.78 is 0. The maximum absolute atomic E-state index is 10.5. The highest BCUT2D eigenvalue weighted by Crippen LogP contribution is 2.26. The van der Waals surface area contributed by atoms with E-state index in [9.17, 15) is 10.1 Å². The lowest BCUT2D eigenvalue weighted by atomic mass is 10.4. The van der Waals surface area contributed by atoms with Gasteiger partial charge in [0.25, 0.3) is 0 Å². The highest BCUT2D eigenvalue weighted by Gasteiger charge is 2.20. The monoisotopic (exact) mass is 183 g/mol. The quantitative estimate of drug-likeness (QED) is 0.505. The van der Waals surface area contributed by atoms with Crippen molar-refractivity contribution in [3.05, 3.63) is 15.9 Å². The Morgan fingerprint density at radius 1 is 1.54 bits per heavy atom. The van der Waals surface area contributed by atoms with E-state index in [1.165, 1.54) is 7.05 Å². The highest BCUT2D eigenvalue weighted by atomic mass is 16.6. The van der Waals surface area contributed by atoms with Crippen molar-refractivity contribution >= 4 is 17.3 Å². The molecule has 0 aliphatic rings. The third-order valence-corrected chi connectivity index (χ3v) is 1.44. The third-order valence-electron chi connectivity index (χ3n) is 1.44. The molecule has 70 valence electrons. The lowest BCUT2D eigenvalue weighted by Crippen LogP contribution is -2.06. The topological polar surface area (TPSA) is 107 Å². The number of nitrogen functional groups attached to an aromatic ring is 1. The molecule has 1 aromatic rings. The van der Waals surface area contributed by atoms with Crippen molar-refractivity contribution in [3.63, 3.8) is 0 Å². The van der Waals surface area contributed by atoms with Crippen molar-refractivity contribution in [3.8, 4) is 0 Å². The lowest BCUT2D eigenvalue weighted by Gasteiger charge is -2.03. The Bertz CT molecular complexity index is 351. The summed E-state index contributed by atoms with van der Waals surface area (Å²) in [5.74, 6) is 0.407. The molecule has 1 aromatic heterocycles. The first kappa shape index (κ1) is 9.17. The second-order valence-corrected chi connectivity index (χ2v) is 2.36. The van der Waals surface area contributed by atoms with Gasteiger partial charge in [0.1, 0.15) is 5.82 Å². The van der Waals surface area contributed by atoms with Crippen molar-refractivity contribution in [2.75, 3.05) is 18.1 Å². The average Bonchev–Trinajstić information content (AvgIpc) is 2.01. The zero-order valence-electron chi connectivity index (χ0n) is 7.24. The minimum Gasteiger partial charge on any atom is -0.378 e. The normalized spacial score (nSPS) is 9.69. The number of rotatable bonds is 2. The molecule has 7 heteroatoms. The summed E-state index contributed by atoms with van der Waals surface area (Å²) in [5, 5.41) is 13.1. The summed E-state index contributed by atoms with van der Waals surface area (Å²) in [6.45, 7) is 1.61. The zero-order valence-corrected chi connectivity index (χ0v) is 7.24. The van der Waals surface area contributed by atoms with E-state index in [0.29, 0.717) is 5.82 Å². The Morgan fingerprint density at radius 2 is 2.15 bits per heavy atom. The van der Waals surface area contributed by atoms with Gasteiger partial charge in [0.05, 0.1) is 4.92 Å². The molecule has 3 N–H and O–H groups in total. The van der Waals surface area contributed by atoms with Gasteiger partial charge in [-0.25, -0.2) is 9.97 Å². The number of nitrogens with one attached hydrogen (secondary N) is 1. The number of nitrogens with two attached hydrogens (primary N) is 1. The van der Waals surface area contributed by atoms with E-state index < -0.39 is 4.92 Å². The van der Waals surface area contributed by atoms with E-state index in [1.807, 2.05) is 0 Å². The van der Waals surface area contributed by atoms with E-state index in [-0.39, 0.29) is 17.3 Å². The van der Waals surface area contributed by atoms with Crippen LogP contribution in [0.4, 0.5) is 17.3 Å². The maximum atomic E-state index is 10.5. The fourth-order valence-electron chi connectivity index (χ4n) is 0.943. The Kier molecular flexibility index (Phi) is 2.27. The highest BCUT2D eigenvalue weighted by molar-refractivity contribution is 5.67. The standard InChI is InChI=1S/C6H9N5O2/c1-3-9-5(7)4(11(12)13)6(8-2)10-3/h1-2H3,(H3,7,8,9,10). The van der Waals surface area contributed by atoms with Gasteiger partial charge < -0.3 is 11.1 Å². The summed E-state index contributed by atoms with van der Waals surface area (Å²) >= 11 is 0. The molecular formula is C6H9N5O2. The van der Waals surface area contributed by atoms with Crippen LogP contribution in [0.3, 0.4) is 0 Å². The molecule has 0 saturated carbocycles. The van der Waals surface area contributed by atoms with Gasteiger partial charge >= 0.3 is 5.69 Å². The van der Waals surface area contributed by atoms with E-state index >= 15 is 0 Å². The molecular weight excluding hydrogens is 174 g/mol. The predicted molar refractivity (Wildman–Crippen MR) is 47.4 cm³/mol. The van der Waals surface area contributed by atoms with Crippen LogP contribution in [-0.2, 0) is 0 Å². The minimum atomic E-state index is -0.611. The van der Waals surface area contributed by atoms with Gasteiger partial charge in [0, 0.05) is 7.05 Å². The number of aryl methyl sites for hydroxylation is 1. The van der Waals surface area contributed by atoms with Gasteiger partial charge in [-0.15, -0.1) is 0 Å². The molecule has 0 aromatic carbocycles. The lowest BCUT2D eigenvalue weighted by molar-refractivity contribution is -0.383. The van der Waals surface area contributed by atoms with Gasteiger partial charge in [0.2, 0.25) is 11.6 Å². The first-order valence-electron chi connectivity index (χ1n) is 3.52. The number of anilines is 2. The fourth-order valence-corrected chi connectivity index (χ4v) is 0.943. The van der Waals surface area contributed by atoms with Gasteiger partial charge in [-0.2, -0.15) is 0 Å². The van der Waals surface area contributed by atoms with E-state index in [2.05, 4.69) is 15.3 Å². The molecule has 0 unspecified atom stereocenters. The van der Waals surface area contributed by atoms with Crippen LogP contribution in [-0.4, -0.2) is 21.9 Å². The molecule has 13 heavy (non-hydrogen) atoms. The molecule has 1 rings (SSSR count). The molecule has 0 atom stereocenters. The molecule has 7 nitrogen and oxygen atoms in total. The van der Waals surface area contributed by atoms with Crippen LogP contribution < -0.4 is 11.1 Å². The van der Waals surface area contributed by atoms with Crippen molar-refractivity contribution in [1.29, 1.82) is 0 Å². The summed E-state index contributed by atoms with van der Waals surface area (Å²) in [5.41, 5.74) is 5.08. The van der Waals surface area contributed by atoms with Crippen LogP contribution in [0.5, 0.6) is 0 Å². The maximum Gasteiger partial charge on any atom is 0.352 e. The molecule has 0 amide bonds. The van der Waals surface area contributed by atoms with Crippen molar-refractivity contribution < 1.29 is 4.92 Å². The number of hydrogen-bond donors (Lipinski definition) is 2. The Labute approximate surface area is 74.1 Å².